The second kappa shape index (κ2) is 11.5. The molecule has 1 aromatic carbocycles. The van der Waals surface area contributed by atoms with Crippen molar-refractivity contribution < 1.29 is 5.11 Å². The first-order valence-electron chi connectivity index (χ1n) is 13.0. The summed E-state index contributed by atoms with van der Waals surface area (Å²) in [6.45, 7) is 6.13. The van der Waals surface area contributed by atoms with Crippen molar-refractivity contribution in [1.82, 2.24) is 4.90 Å². The predicted molar refractivity (Wildman–Crippen MR) is 131 cm³/mol. The van der Waals surface area contributed by atoms with Crippen molar-refractivity contribution in [2.75, 3.05) is 19.6 Å². The number of allylic oxidation sites excluding steroid dienone is 3. The summed E-state index contributed by atoms with van der Waals surface area (Å²) in [4.78, 5) is 2.67. The van der Waals surface area contributed by atoms with Gasteiger partial charge in [0.1, 0.15) is 0 Å². The van der Waals surface area contributed by atoms with Crippen molar-refractivity contribution in [2.45, 2.75) is 83.7 Å². The summed E-state index contributed by atoms with van der Waals surface area (Å²) in [7, 11) is 0. The molecular weight excluding hydrogens is 378 g/mol. The van der Waals surface area contributed by atoms with E-state index in [-0.39, 0.29) is 6.10 Å². The Morgan fingerprint density at radius 3 is 2.77 bits per heavy atom. The third-order valence-corrected chi connectivity index (χ3v) is 7.91. The third kappa shape index (κ3) is 6.56. The van der Waals surface area contributed by atoms with Gasteiger partial charge in [-0.1, -0.05) is 66.5 Å². The van der Waals surface area contributed by atoms with Gasteiger partial charge in [0.2, 0.25) is 0 Å². The van der Waals surface area contributed by atoms with Crippen LogP contribution in [0.1, 0.15) is 75.3 Å². The molecule has 0 bridgehead atoms. The lowest BCUT2D eigenvalue weighted by atomic mass is 9.88. The van der Waals surface area contributed by atoms with E-state index in [0.29, 0.717) is 17.8 Å². The van der Waals surface area contributed by atoms with Gasteiger partial charge in [0.05, 0.1) is 6.10 Å². The van der Waals surface area contributed by atoms with Crippen molar-refractivity contribution in [2.24, 2.45) is 17.8 Å². The molecule has 3 aliphatic rings. The van der Waals surface area contributed by atoms with Crippen molar-refractivity contribution >= 4 is 0 Å². The standard InChI is InChI=1S/C29H43NO/c1-23-11-10-14-24(19-23)12-5-6-15-27-28-21-25(20-26(28)22-29(27)31)13-4-2-7-16-30-17-8-3-9-18-30/h6,10-11,14-15,19-20,26-29,31H,2-5,7-9,12-13,16-18,21-22H2,1H3/t26-,27+,28-,29+/m0/s1. The van der Waals surface area contributed by atoms with Crippen LogP contribution in [0.2, 0.25) is 0 Å². The average Bonchev–Trinajstić information content (AvgIpc) is 3.28. The van der Waals surface area contributed by atoms with Crippen LogP contribution >= 0.6 is 0 Å². The number of aliphatic hydroxyl groups is 1. The minimum Gasteiger partial charge on any atom is -0.392 e. The van der Waals surface area contributed by atoms with Gasteiger partial charge in [0.15, 0.2) is 0 Å². The maximum Gasteiger partial charge on any atom is 0.0611 e. The second-order valence-electron chi connectivity index (χ2n) is 10.4. The van der Waals surface area contributed by atoms with Crippen molar-refractivity contribution in [3.05, 3.63) is 59.2 Å². The van der Waals surface area contributed by atoms with Crippen LogP contribution in [-0.4, -0.2) is 35.7 Å². The highest BCUT2D eigenvalue weighted by atomic mass is 16.3. The molecule has 0 radical (unpaired) electrons. The second-order valence-corrected chi connectivity index (χ2v) is 10.4. The molecular formula is C29H43NO. The smallest absolute Gasteiger partial charge is 0.0611 e. The number of benzene rings is 1. The molecule has 170 valence electrons. The Balaban J connectivity index is 1.16. The summed E-state index contributed by atoms with van der Waals surface area (Å²) in [6.07, 6.45) is 21.0. The Kier molecular flexibility index (Phi) is 8.44. The van der Waals surface area contributed by atoms with Crippen LogP contribution in [0.5, 0.6) is 0 Å². The Bertz CT molecular complexity index is 745. The average molecular weight is 422 g/mol. The monoisotopic (exact) mass is 421 g/mol. The molecule has 2 heteroatoms. The summed E-state index contributed by atoms with van der Waals surface area (Å²) in [5.41, 5.74) is 4.43. The van der Waals surface area contributed by atoms with Crippen LogP contribution in [0.25, 0.3) is 0 Å². The lowest BCUT2D eigenvalue weighted by molar-refractivity contribution is 0.141. The minimum atomic E-state index is -0.146. The minimum absolute atomic E-state index is 0.146. The molecule has 1 heterocycles. The predicted octanol–water partition coefficient (Wildman–Crippen LogP) is 6.47. The maximum atomic E-state index is 10.6. The van der Waals surface area contributed by atoms with Gasteiger partial charge in [-0.15, -0.1) is 0 Å². The van der Waals surface area contributed by atoms with Crippen LogP contribution in [0.15, 0.2) is 48.1 Å². The Labute approximate surface area is 190 Å². The number of hydrogen-bond acceptors (Lipinski definition) is 2. The van der Waals surface area contributed by atoms with Crippen molar-refractivity contribution in [1.29, 1.82) is 0 Å². The number of nitrogens with zero attached hydrogens (tertiary/aromatic N) is 1. The van der Waals surface area contributed by atoms with E-state index in [1.165, 1.54) is 82.1 Å². The molecule has 1 saturated carbocycles. The van der Waals surface area contributed by atoms with E-state index in [1.54, 1.807) is 5.57 Å². The molecule has 31 heavy (non-hydrogen) atoms. The number of aliphatic hydroxyl groups excluding tert-OH is 1. The Hall–Kier alpha value is -1.38. The molecule has 1 aliphatic heterocycles. The van der Waals surface area contributed by atoms with Gasteiger partial charge in [-0.05, 0) is 102 Å². The van der Waals surface area contributed by atoms with Crippen LogP contribution in [0, 0.1) is 24.7 Å². The molecule has 0 amide bonds. The van der Waals surface area contributed by atoms with Gasteiger partial charge in [0.25, 0.3) is 0 Å². The largest absolute Gasteiger partial charge is 0.392 e. The molecule has 1 N–H and O–H groups in total. The molecule has 2 nitrogen and oxygen atoms in total. The van der Waals surface area contributed by atoms with Crippen LogP contribution < -0.4 is 0 Å². The number of aryl methyl sites for hydroxylation is 2. The molecule has 4 rings (SSSR count). The van der Waals surface area contributed by atoms with E-state index in [2.05, 4.69) is 54.3 Å². The van der Waals surface area contributed by atoms with E-state index in [1.807, 2.05) is 0 Å². The molecule has 0 aromatic heterocycles. The normalized spacial score (nSPS) is 28.9. The van der Waals surface area contributed by atoms with Gasteiger partial charge in [-0.2, -0.15) is 0 Å². The Morgan fingerprint density at radius 1 is 1.06 bits per heavy atom. The Morgan fingerprint density at radius 2 is 1.94 bits per heavy atom. The van der Waals surface area contributed by atoms with E-state index in [4.69, 9.17) is 0 Å². The lowest BCUT2D eigenvalue weighted by Gasteiger charge is -2.26. The number of likely N-dealkylation sites (tertiary alicyclic amines) is 1. The highest BCUT2D eigenvalue weighted by molar-refractivity contribution is 5.23. The molecule has 4 atom stereocenters. The molecule has 1 saturated heterocycles. The zero-order valence-corrected chi connectivity index (χ0v) is 19.6. The van der Waals surface area contributed by atoms with E-state index < -0.39 is 0 Å². The quantitative estimate of drug-likeness (QED) is 0.345. The fourth-order valence-electron chi connectivity index (χ4n) is 6.21. The van der Waals surface area contributed by atoms with Crippen molar-refractivity contribution in [3.63, 3.8) is 0 Å². The summed E-state index contributed by atoms with van der Waals surface area (Å²) in [6, 6.07) is 8.82. The highest BCUT2D eigenvalue weighted by Crippen LogP contribution is 2.48. The van der Waals surface area contributed by atoms with Crippen LogP contribution in [0.3, 0.4) is 0 Å². The first kappa shape index (κ1) is 22.8. The van der Waals surface area contributed by atoms with Gasteiger partial charge in [0, 0.05) is 5.92 Å². The first-order chi connectivity index (χ1) is 15.2. The molecule has 0 spiro atoms. The zero-order chi connectivity index (χ0) is 21.5. The summed E-state index contributed by atoms with van der Waals surface area (Å²) in [5.74, 6) is 1.62. The SMILES string of the molecule is Cc1cccc(CCC=C[C@@H]2[C@H]3CC(CCCCCN4CCCCC4)=C[C@H]3C[C@H]2O)c1. The fraction of sp³-hybridized carbons (Fsp3) is 0.655. The lowest BCUT2D eigenvalue weighted by Crippen LogP contribution is -2.30. The van der Waals surface area contributed by atoms with Crippen molar-refractivity contribution in [3.8, 4) is 0 Å². The van der Waals surface area contributed by atoms with Gasteiger partial charge >= 0.3 is 0 Å². The van der Waals surface area contributed by atoms with Gasteiger partial charge in [-0.25, -0.2) is 0 Å². The van der Waals surface area contributed by atoms with E-state index in [0.717, 1.165) is 19.3 Å². The number of rotatable bonds is 10. The first-order valence-corrected chi connectivity index (χ1v) is 13.0. The fourth-order valence-corrected chi connectivity index (χ4v) is 6.21. The number of unbranched alkanes of at least 4 members (excludes halogenated alkanes) is 2. The number of piperidine rings is 1. The number of fused-ring (bicyclic) bond motifs is 1. The maximum absolute atomic E-state index is 10.6. The highest BCUT2D eigenvalue weighted by Gasteiger charge is 2.43. The summed E-state index contributed by atoms with van der Waals surface area (Å²) in [5, 5.41) is 10.6. The summed E-state index contributed by atoms with van der Waals surface area (Å²) < 4.78 is 0. The molecule has 1 aromatic rings. The van der Waals surface area contributed by atoms with E-state index in [9.17, 15) is 5.11 Å². The van der Waals surface area contributed by atoms with E-state index >= 15 is 0 Å². The summed E-state index contributed by atoms with van der Waals surface area (Å²) >= 11 is 0. The molecule has 2 aliphatic carbocycles. The zero-order valence-electron chi connectivity index (χ0n) is 19.6. The topological polar surface area (TPSA) is 23.5 Å². The third-order valence-electron chi connectivity index (χ3n) is 7.91. The van der Waals surface area contributed by atoms with Gasteiger partial charge < -0.3 is 10.0 Å². The molecule has 0 unspecified atom stereocenters. The van der Waals surface area contributed by atoms with Gasteiger partial charge in [-0.3, -0.25) is 0 Å². The van der Waals surface area contributed by atoms with Crippen LogP contribution in [-0.2, 0) is 6.42 Å². The van der Waals surface area contributed by atoms with Crippen LogP contribution in [0.4, 0.5) is 0 Å². The molecule has 2 fully saturated rings. The number of hydrogen-bond donors (Lipinski definition) is 1.